The molecule has 2 aromatic carbocycles. The van der Waals surface area contributed by atoms with Crippen LogP contribution < -0.4 is 10.1 Å². The van der Waals surface area contributed by atoms with Gasteiger partial charge in [0.25, 0.3) is 0 Å². The molecular weight excluding hydrogens is 336 g/mol. The highest BCUT2D eigenvalue weighted by molar-refractivity contribution is 6.43. The molecule has 0 spiro atoms. The Balaban J connectivity index is 2.27. The number of benzene rings is 2. The summed E-state index contributed by atoms with van der Waals surface area (Å²) in [5, 5.41) is 4.09. The second-order valence-corrected chi connectivity index (χ2v) is 5.60. The van der Waals surface area contributed by atoms with E-state index < -0.39 is 0 Å². The van der Waals surface area contributed by atoms with Gasteiger partial charge in [-0.2, -0.15) is 0 Å². The van der Waals surface area contributed by atoms with Crippen LogP contribution in [0.3, 0.4) is 0 Å². The van der Waals surface area contributed by atoms with Crippen molar-refractivity contribution in [3.63, 3.8) is 0 Å². The summed E-state index contributed by atoms with van der Waals surface area (Å²) in [6, 6.07) is 7.46. The van der Waals surface area contributed by atoms with Gasteiger partial charge in [0.15, 0.2) is 0 Å². The lowest BCUT2D eigenvalue weighted by Crippen LogP contribution is -2.11. The maximum atomic E-state index is 13.6. The van der Waals surface area contributed by atoms with Gasteiger partial charge < -0.3 is 10.1 Å². The summed E-state index contributed by atoms with van der Waals surface area (Å²) in [6.07, 6.45) is 0. The molecule has 6 heteroatoms. The number of hydrogen-bond donors (Lipinski definition) is 1. The molecule has 0 aliphatic rings. The second kappa shape index (κ2) is 7.32. The van der Waals surface area contributed by atoms with E-state index in [1.807, 2.05) is 6.92 Å². The maximum absolute atomic E-state index is 13.6. The first-order valence-electron chi connectivity index (χ1n) is 6.32. The minimum absolute atomic E-state index is 0.307. The fourth-order valence-electron chi connectivity index (χ4n) is 1.76. The van der Waals surface area contributed by atoms with E-state index in [0.717, 1.165) is 12.1 Å². The van der Waals surface area contributed by atoms with Gasteiger partial charge in [0.05, 0.1) is 15.1 Å². The van der Waals surface area contributed by atoms with Crippen LogP contribution in [0.25, 0.3) is 0 Å². The Labute approximate surface area is 137 Å². The third-order valence-corrected chi connectivity index (χ3v) is 3.73. The summed E-state index contributed by atoms with van der Waals surface area (Å²) >= 11 is 17.8. The Morgan fingerprint density at radius 1 is 1.00 bits per heavy atom. The van der Waals surface area contributed by atoms with Crippen molar-refractivity contribution in [2.45, 2.75) is 13.5 Å². The zero-order valence-electron chi connectivity index (χ0n) is 11.2. The van der Waals surface area contributed by atoms with E-state index in [1.54, 1.807) is 6.07 Å². The smallest absolute Gasteiger partial charge is 0.147 e. The lowest BCUT2D eigenvalue weighted by atomic mass is 10.2. The van der Waals surface area contributed by atoms with Crippen LogP contribution in [-0.4, -0.2) is 6.54 Å². The van der Waals surface area contributed by atoms with Gasteiger partial charge in [0.1, 0.15) is 17.3 Å². The van der Waals surface area contributed by atoms with Crippen LogP contribution in [-0.2, 0) is 6.54 Å². The van der Waals surface area contributed by atoms with Gasteiger partial charge in [0, 0.05) is 18.7 Å². The second-order valence-electron chi connectivity index (χ2n) is 4.37. The number of nitrogens with one attached hydrogen (secondary N) is 1. The Bertz CT molecular complexity index is 649. The molecule has 0 heterocycles. The standard InChI is InChI=1S/C15H13Cl3FNO/c1-2-20-8-9-3-10(19)5-11(4-9)21-15-7-13(17)12(16)6-14(15)18/h3-7,20H,2,8H2,1H3. The molecular formula is C15H13Cl3FNO. The Morgan fingerprint density at radius 3 is 2.43 bits per heavy atom. The molecule has 0 saturated heterocycles. The predicted molar refractivity (Wildman–Crippen MR) is 85.3 cm³/mol. The van der Waals surface area contributed by atoms with E-state index in [-0.39, 0.29) is 5.82 Å². The first kappa shape index (κ1) is 16.4. The molecule has 0 bridgehead atoms. The SMILES string of the molecule is CCNCc1cc(F)cc(Oc2cc(Cl)c(Cl)cc2Cl)c1. The van der Waals surface area contributed by atoms with E-state index in [4.69, 9.17) is 39.5 Å². The monoisotopic (exact) mass is 347 g/mol. The normalized spacial score (nSPS) is 10.7. The van der Waals surface area contributed by atoms with Crippen LogP contribution in [0, 0.1) is 5.82 Å². The average Bonchev–Trinajstić information content (AvgIpc) is 2.42. The average molecular weight is 349 g/mol. The van der Waals surface area contributed by atoms with Gasteiger partial charge in [-0.05, 0) is 30.3 Å². The van der Waals surface area contributed by atoms with E-state index in [9.17, 15) is 4.39 Å². The zero-order chi connectivity index (χ0) is 15.4. The highest BCUT2D eigenvalue weighted by Crippen LogP contribution is 2.36. The third kappa shape index (κ3) is 4.48. The molecule has 0 radical (unpaired) electrons. The molecule has 112 valence electrons. The molecule has 0 amide bonds. The third-order valence-electron chi connectivity index (χ3n) is 2.71. The molecule has 0 fully saturated rings. The van der Waals surface area contributed by atoms with Crippen molar-refractivity contribution in [1.29, 1.82) is 0 Å². The summed E-state index contributed by atoms with van der Waals surface area (Å²) in [6.45, 7) is 3.33. The lowest BCUT2D eigenvalue weighted by molar-refractivity contribution is 0.475. The number of ether oxygens (including phenoxy) is 1. The Morgan fingerprint density at radius 2 is 1.71 bits per heavy atom. The first-order valence-corrected chi connectivity index (χ1v) is 7.45. The van der Waals surface area contributed by atoms with Crippen molar-refractivity contribution >= 4 is 34.8 Å². The first-order chi connectivity index (χ1) is 9.99. The zero-order valence-corrected chi connectivity index (χ0v) is 13.5. The van der Waals surface area contributed by atoms with Crippen LogP contribution in [0.2, 0.25) is 15.1 Å². The number of rotatable bonds is 5. The largest absolute Gasteiger partial charge is 0.456 e. The molecule has 0 aliphatic carbocycles. The fourth-order valence-corrected chi connectivity index (χ4v) is 2.34. The minimum atomic E-state index is -0.378. The Kier molecular flexibility index (Phi) is 5.71. The topological polar surface area (TPSA) is 21.3 Å². The maximum Gasteiger partial charge on any atom is 0.147 e. The molecule has 2 rings (SSSR count). The van der Waals surface area contributed by atoms with Gasteiger partial charge in [0.2, 0.25) is 0 Å². The van der Waals surface area contributed by atoms with Gasteiger partial charge in [-0.3, -0.25) is 0 Å². The molecule has 2 aromatic rings. The van der Waals surface area contributed by atoms with Crippen molar-refractivity contribution < 1.29 is 9.13 Å². The summed E-state index contributed by atoms with van der Waals surface area (Å²) < 4.78 is 19.2. The summed E-state index contributed by atoms with van der Waals surface area (Å²) in [7, 11) is 0. The molecule has 0 unspecified atom stereocenters. The van der Waals surface area contributed by atoms with Crippen molar-refractivity contribution in [2.75, 3.05) is 6.54 Å². The summed E-state index contributed by atoms with van der Waals surface area (Å²) in [5.74, 6) is 0.297. The van der Waals surface area contributed by atoms with Crippen molar-refractivity contribution in [2.24, 2.45) is 0 Å². The quantitative estimate of drug-likeness (QED) is 0.701. The van der Waals surface area contributed by atoms with Crippen molar-refractivity contribution in [3.8, 4) is 11.5 Å². The highest BCUT2D eigenvalue weighted by atomic mass is 35.5. The summed E-state index contributed by atoms with van der Waals surface area (Å²) in [5.41, 5.74) is 0.781. The van der Waals surface area contributed by atoms with Crippen LogP contribution in [0.1, 0.15) is 12.5 Å². The van der Waals surface area contributed by atoms with Gasteiger partial charge in [-0.1, -0.05) is 41.7 Å². The molecule has 2 nitrogen and oxygen atoms in total. The molecule has 0 aliphatic heterocycles. The van der Waals surface area contributed by atoms with Gasteiger partial charge >= 0.3 is 0 Å². The van der Waals surface area contributed by atoms with Crippen LogP contribution in [0.15, 0.2) is 30.3 Å². The van der Waals surface area contributed by atoms with E-state index in [0.29, 0.717) is 33.1 Å². The van der Waals surface area contributed by atoms with Gasteiger partial charge in [-0.15, -0.1) is 0 Å². The van der Waals surface area contributed by atoms with Crippen molar-refractivity contribution in [3.05, 3.63) is 56.8 Å². The van der Waals surface area contributed by atoms with E-state index in [2.05, 4.69) is 5.32 Å². The van der Waals surface area contributed by atoms with E-state index >= 15 is 0 Å². The van der Waals surface area contributed by atoms with Crippen LogP contribution >= 0.6 is 34.8 Å². The molecule has 0 atom stereocenters. The van der Waals surface area contributed by atoms with Crippen LogP contribution in [0.5, 0.6) is 11.5 Å². The fraction of sp³-hybridized carbons (Fsp3) is 0.200. The highest BCUT2D eigenvalue weighted by Gasteiger charge is 2.09. The van der Waals surface area contributed by atoms with Gasteiger partial charge in [-0.25, -0.2) is 4.39 Å². The molecule has 21 heavy (non-hydrogen) atoms. The van der Waals surface area contributed by atoms with Crippen molar-refractivity contribution in [1.82, 2.24) is 5.32 Å². The molecule has 0 aromatic heterocycles. The number of hydrogen-bond acceptors (Lipinski definition) is 2. The Hall–Kier alpha value is -1.000. The van der Waals surface area contributed by atoms with E-state index in [1.165, 1.54) is 24.3 Å². The summed E-state index contributed by atoms with van der Waals surface area (Å²) in [4.78, 5) is 0. The number of halogens is 4. The molecule has 1 N–H and O–H groups in total. The molecule has 0 saturated carbocycles. The van der Waals surface area contributed by atoms with Crippen LogP contribution in [0.4, 0.5) is 4.39 Å². The lowest BCUT2D eigenvalue weighted by Gasteiger charge is -2.11. The predicted octanol–water partition coefficient (Wildman–Crippen LogP) is 5.69. The minimum Gasteiger partial charge on any atom is -0.456 e.